The summed E-state index contributed by atoms with van der Waals surface area (Å²) in [5.74, 6) is 1.61. The summed E-state index contributed by atoms with van der Waals surface area (Å²) < 4.78 is 10.5. The quantitative estimate of drug-likeness (QED) is 0.462. The number of hydrogen-bond acceptors (Lipinski definition) is 5. The maximum atomic E-state index is 12.4. The third kappa shape index (κ3) is 5.78. The van der Waals surface area contributed by atoms with Crippen molar-refractivity contribution in [2.75, 3.05) is 41.4 Å². The molecule has 2 aromatic carbocycles. The van der Waals surface area contributed by atoms with Gasteiger partial charge in [0.2, 0.25) is 0 Å². The molecule has 2 unspecified atom stereocenters. The number of rotatable bonds is 7. The minimum absolute atomic E-state index is 0.0725. The summed E-state index contributed by atoms with van der Waals surface area (Å²) in [4.78, 5) is 17.5. The molecule has 36 heavy (non-hydrogen) atoms. The fourth-order valence-corrected chi connectivity index (χ4v) is 6.90. The molecule has 5 heteroatoms. The normalized spacial score (nSPS) is 29.2. The van der Waals surface area contributed by atoms with Crippen LogP contribution >= 0.6 is 0 Å². The summed E-state index contributed by atoms with van der Waals surface area (Å²) in [6.45, 7) is 5.34. The Morgan fingerprint density at radius 1 is 1.00 bits per heavy atom. The number of likely N-dealkylation sites (tertiary alicyclic amines) is 1. The summed E-state index contributed by atoms with van der Waals surface area (Å²) in [5.41, 5.74) is 3.02. The number of ether oxygens (including phenoxy) is 2. The topological polar surface area (TPSA) is 42.0 Å². The molecule has 0 bridgehead atoms. The Kier molecular flexibility index (Phi) is 8.41. The van der Waals surface area contributed by atoms with Crippen molar-refractivity contribution in [3.05, 3.63) is 65.7 Å². The number of hydrogen-bond donors (Lipinski definition) is 0. The zero-order chi connectivity index (χ0) is 25.8. The van der Waals surface area contributed by atoms with E-state index in [9.17, 15) is 4.79 Å². The molecule has 4 rings (SSSR count). The fourth-order valence-electron chi connectivity index (χ4n) is 6.90. The number of methoxy groups -OCH3 is 2. The van der Waals surface area contributed by atoms with Crippen molar-refractivity contribution in [2.24, 2.45) is 17.3 Å². The standard InChI is InChI=1S/C31H44N2O3/c1-24-21-33(22-25-11-13-28(35-4)14-12-25)23-30(20-26(24)19-29(34)36-5)15-17-31(18-16-30,32(2)3)27-9-7-6-8-10-27/h6-14,24,26H,15-23H2,1-5H3/t24?,26?,30-,31-. The molecule has 1 heterocycles. The zero-order valence-electron chi connectivity index (χ0n) is 22.8. The predicted octanol–water partition coefficient (Wildman–Crippen LogP) is 5.73. The molecule has 2 fully saturated rings. The highest BCUT2D eigenvalue weighted by Gasteiger charge is 2.48. The van der Waals surface area contributed by atoms with E-state index in [2.05, 4.69) is 85.4 Å². The molecule has 1 spiro atoms. The molecule has 1 saturated heterocycles. The first-order valence-electron chi connectivity index (χ1n) is 13.4. The minimum Gasteiger partial charge on any atom is -0.497 e. The first-order valence-corrected chi connectivity index (χ1v) is 13.4. The molecule has 196 valence electrons. The van der Waals surface area contributed by atoms with E-state index >= 15 is 0 Å². The molecule has 2 atom stereocenters. The van der Waals surface area contributed by atoms with Crippen LogP contribution in [0.2, 0.25) is 0 Å². The summed E-state index contributed by atoms with van der Waals surface area (Å²) >= 11 is 0. The number of carbonyl (C=O) groups excluding carboxylic acids is 1. The molecule has 2 aliphatic rings. The van der Waals surface area contributed by atoms with Crippen molar-refractivity contribution in [3.63, 3.8) is 0 Å². The van der Waals surface area contributed by atoms with Gasteiger partial charge in [-0.25, -0.2) is 0 Å². The Labute approximate surface area is 217 Å². The van der Waals surface area contributed by atoms with Gasteiger partial charge in [0.1, 0.15) is 5.75 Å². The monoisotopic (exact) mass is 492 g/mol. The van der Waals surface area contributed by atoms with Gasteiger partial charge in [-0.3, -0.25) is 14.6 Å². The third-order valence-electron chi connectivity index (χ3n) is 9.13. The summed E-state index contributed by atoms with van der Waals surface area (Å²) in [6, 6.07) is 19.5. The highest BCUT2D eigenvalue weighted by molar-refractivity contribution is 5.69. The van der Waals surface area contributed by atoms with E-state index in [0.29, 0.717) is 18.3 Å². The van der Waals surface area contributed by atoms with Crippen LogP contribution in [0.25, 0.3) is 0 Å². The lowest BCUT2D eigenvalue weighted by Gasteiger charge is -2.51. The number of carbonyl (C=O) groups is 1. The van der Waals surface area contributed by atoms with Crippen molar-refractivity contribution >= 4 is 5.97 Å². The van der Waals surface area contributed by atoms with Crippen molar-refractivity contribution in [3.8, 4) is 5.75 Å². The molecule has 0 N–H and O–H groups in total. The molecule has 0 aromatic heterocycles. The molecule has 1 aliphatic heterocycles. The SMILES string of the molecule is COC(=O)CC1C[C@]2(CC[C@@](c3ccccc3)(N(C)C)CC2)CN(Cc2ccc(OC)cc2)CC1C. The summed E-state index contributed by atoms with van der Waals surface area (Å²) in [6.07, 6.45) is 6.24. The molecule has 1 aliphatic carbocycles. The van der Waals surface area contributed by atoms with Crippen LogP contribution in [0.15, 0.2) is 54.6 Å². The Morgan fingerprint density at radius 3 is 2.25 bits per heavy atom. The van der Waals surface area contributed by atoms with Crippen molar-refractivity contribution in [1.29, 1.82) is 0 Å². The molecule has 5 nitrogen and oxygen atoms in total. The van der Waals surface area contributed by atoms with E-state index in [1.165, 1.54) is 31.1 Å². The first kappa shape index (κ1) is 26.7. The van der Waals surface area contributed by atoms with Gasteiger partial charge in [-0.1, -0.05) is 49.4 Å². The average Bonchev–Trinajstić information content (AvgIpc) is 3.01. The van der Waals surface area contributed by atoms with Crippen LogP contribution in [-0.2, 0) is 21.6 Å². The molecular formula is C31H44N2O3. The van der Waals surface area contributed by atoms with E-state index in [1.807, 2.05) is 0 Å². The fraction of sp³-hybridized carbons (Fsp3) is 0.581. The zero-order valence-corrected chi connectivity index (χ0v) is 22.8. The van der Waals surface area contributed by atoms with Gasteiger partial charge in [-0.15, -0.1) is 0 Å². The predicted molar refractivity (Wildman–Crippen MR) is 145 cm³/mol. The lowest BCUT2D eigenvalue weighted by Crippen LogP contribution is -2.49. The second-order valence-corrected chi connectivity index (χ2v) is 11.5. The summed E-state index contributed by atoms with van der Waals surface area (Å²) in [7, 11) is 7.69. The molecular weight excluding hydrogens is 448 g/mol. The highest BCUT2D eigenvalue weighted by atomic mass is 16.5. The second-order valence-electron chi connectivity index (χ2n) is 11.5. The maximum absolute atomic E-state index is 12.4. The van der Waals surface area contributed by atoms with Gasteiger partial charge in [0.25, 0.3) is 0 Å². The van der Waals surface area contributed by atoms with Crippen molar-refractivity contribution < 1.29 is 14.3 Å². The Balaban J connectivity index is 1.59. The number of nitrogens with zero attached hydrogens (tertiary/aromatic N) is 2. The molecule has 2 aromatic rings. The molecule has 1 saturated carbocycles. The smallest absolute Gasteiger partial charge is 0.305 e. The van der Waals surface area contributed by atoms with E-state index in [0.717, 1.165) is 44.6 Å². The van der Waals surface area contributed by atoms with Crippen LogP contribution in [0, 0.1) is 17.3 Å². The largest absolute Gasteiger partial charge is 0.497 e. The van der Waals surface area contributed by atoms with Gasteiger partial charge in [-0.2, -0.15) is 0 Å². The van der Waals surface area contributed by atoms with Gasteiger partial charge in [0.05, 0.1) is 14.2 Å². The van der Waals surface area contributed by atoms with Crippen LogP contribution in [-0.4, -0.2) is 57.2 Å². The van der Waals surface area contributed by atoms with E-state index in [-0.39, 0.29) is 16.9 Å². The first-order chi connectivity index (χ1) is 17.3. The van der Waals surface area contributed by atoms with Gasteiger partial charge < -0.3 is 9.47 Å². The lowest BCUT2D eigenvalue weighted by atomic mass is 9.61. The van der Waals surface area contributed by atoms with Gasteiger partial charge in [0, 0.05) is 31.6 Å². The number of benzene rings is 2. The molecule has 0 radical (unpaired) electrons. The van der Waals surface area contributed by atoms with Gasteiger partial charge in [-0.05, 0) is 86.7 Å². The Hall–Kier alpha value is -2.37. The highest BCUT2D eigenvalue weighted by Crippen LogP contribution is 2.53. The van der Waals surface area contributed by atoms with E-state index in [4.69, 9.17) is 9.47 Å². The van der Waals surface area contributed by atoms with E-state index in [1.54, 1.807) is 7.11 Å². The minimum atomic E-state index is -0.0756. The average molecular weight is 493 g/mol. The Morgan fingerprint density at radius 2 is 1.67 bits per heavy atom. The van der Waals surface area contributed by atoms with Crippen molar-refractivity contribution in [2.45, 2.75) is 57.5 Å². The molecule has 0 amide bonds. The van der Waals surface area contributed by atoms with Crippen LogP contribution in [0.3, 0.4) is 0 Å². The van der Waals surface area contributed by atoms with Crippen LogP contribution in [0.5, 0.6) is 5.75 Å². The van der Waals surface area contributed by atoms with Crippen molar-refractivity contribution in [1.82, 2.24) is 9.80 Å². The maximum Gasteiger partial charge on any atom is 0.305 e. The lowest BCUT2D eigenvalue weighted by molar-refractivity contribution is -0.142. The second kappa shape index (κ2) is 11.4. The van der Waals surface area contributed by atoms with Gasteiger partial charge >= 0.3 is 5.97 Å². The summed E-state index contributed by atoms with van der Waals surface area (Å²) in [5, 5.41) is 0. The van der Waals surface area contributed by atoms with Gasteiger partial charge in [0.15, 0.2) is 0 Å². The Bertz CT molecular complexity index is 981. The van der Waals surface area contributed by atoms with Crippen LogP contribution < -0.4 is 4.74 Å². The number of esters is 1. The van der Waals surface area contributed by atoms with Crippen LogP contribution in [0.4, 0.5) is 0 Å². The van der Waals surface area contributed by atoms with E-state index < -0.39 is 0 Å². The van der Waals surface area contributed by atoms with Crippen LogP contribution in [0.1, 0.15) is 56.6 Å². The third-order valence-corrected chi connectivity index (χ3v) is 9.13.